The molecule has 0 bridgehead atoms. The number of hydrogen-bond donors (Lipinski definition) is 1. The summed E-state index contributed by atoms with van der Waals surface area (Å²) in [6.45, 7) is 3.01. The number of rotatable bonds is 8. The van der Waals surface area contributed by atoms with E-state index in [1.165, 1.54) is 0 Å². The van der Waals surface area contributed by atoms with Crippen LogP contribution in [0, 0.1) is 0 Å². The van der Waals surface area contributed by atoms with Gasteiger partial charge >= 0.3 is 0 Å². The molecule has 0 aliphatic rings. The lowest BCUT2D eigenvalue weighted by Gasteiger charge is -2.19. The quantitative estimate of drug-likeness (QED) is 0.795. The van der Waals surface area contributed by atoms with Crippen LogP contribution in [0.25, 0.3) is 0 Å². The zero-order valence-electron chi connectivity index (χ0n) is 12.1. The maximum atomic E-state index is 11.5. The van der Waals surface area contributed by atoms with E-state index in [-0.39, 0.29) is 6.04 Å². The smallest absolute Gasteiger partial charge is 0.161 e. The fourth-order valence-electron chi connectivity index (χ4n) is 1.90. The number of hydrogen-bond acceptors (Lipinski definition) is 4. The normalized spacial score (nSPS) is 13.9. The Balaban J connectivity index is 2.97. The van der Waals surface area contributed by atoms with Gasteiger partial charge in [-0.3, -0.25) is 4.21 Å². The van der Waals surface area contributed by atoms with Crippen LogP contribution in [0.3, 0.4) is 0 Å². The van der Waals surface area contributed by atoms with Crippen LogP contribution in [0.4, 0.5) is 0 Å². The van der Waals surface area contributed by atoms with E-state index in [2.05, 4.69) is 12.2 Å². The molecule has 108 valence electrons. The van der Waals surface area contributed by atoms with Crippen molar-refractivity contribution in [2.24, 2.45) is 0 Å². The molecule has 0 amide bonds. The van der Waals surface area contributed by atoms with Crippen LogP contribution >= 0.6 is 0 Å². The van der Waals surface area contributed by atoms with Gasteiger partial charge < -0.3 is 14.8 Å². The molecule has 0 saturated carbocycles. The van der Waals surface area contributed by atoms with E-state index in [9.17, 15) is 4.21 Å². The molecule has 4 nitrogen and oxygen atoms in total. The molecule has 5 heteroatoms. The average molecular weight is 285 g/mol. The third kappa shape index (κ3) is 4.84. The first-order valence-electron chi connectivity index (χ1n) is 6.37. The van der Waals surface area contributed by atoms with Crippen molar-refractivity contribution in [2.45, 2.75) is 19.4 Å². The minimum absolute atomic E-state index is 0.0746. The summed E-state index contributed by atoms with van der Waals surface area (Å²) in [6.07, 6.45) is 2.77. The van der Waals surface area contributed by atoms with Gasteiger partial charge in [-0.2, -0.15) is 0 Å². The SMILES string of the molecule is CCCNC(CS(C)=O)c1ccc(OC)c(OC)c1. The highest BCUT2D eigenvalue weighted by Gasteiger charge is 2.15. The van der Waals surface area contributed by atoms with Gasteiger partial charge in [0, 0.05) is 28.9 Å². The van der Waals surface area contributed by atoms with Gasteiger partial charge in [0.25, 0.3) is 0 Å². The van der Waals surface area contributed by atoms with Crippen molar-refractivity contribution in [3.8, 4) is 11.5 Å². The molecule has 0 spiro atoms. The third-order valence-electron chi connectivity index (χ3n) is 2.85. The van der Waals surface area contributed by atoms with Crippen LogP contribution in [-0.2, 0) is 10.8 Å². The fraction of sp³-hybridized carbons (Fsp3) is 0.571. The van der Waals surface area contributed by atoms with Crippen molar-refractivity contribution in [2.75, 3.05) is 32.8 Å². The molecule has 0 radical (unpaired) electrons. The predicted octanol–water partition coefficient (Wildman–Crippen LogP) is 2.12. The summed E-state index contributed by atoms with van der Waals surface area (Å²) in [7, 11) is 2.39. The molecular weight excluding hydrogens is 262 g/mol. The third-order valence-corrected chi connectivity index (χ3v) is 3.65. The van der Waals surface area contributed by atoms with Gasteiger partial charge in [0.2, 0.25) is 0 Å². The summed E-state index contributed by atoms with van der Waals surface area (Å²) in [5.41, 5.74) is 1.07. The summed E-state index contributed by atoms with van der Waals surface area (Å²) in [5, 5.41) is 3.42. The lowest BCUT2D eigenvalue weighted by molar-refractivity contribution is 0.354. The van der Waals surface area contributed by atoms with Gasteiger partial charge in [-0.1, -0.05) is 13.0 Å². The molecule has 0 aliphatic carbocycles. The van der Waals surface area contributed by atoms with E-state index in [0.29, 0.717) is 17.3 Å². The Bertz CT molecular complexity index is 423. The van der Waals surface area contributed by atoms with Crippen LogP contribution in [0.2, 0.25) is 0 Å². The van der Waals surface area contributed by atoms with Crippen LogP contribution in [0.15, 0.2) is 18.2 Å². The van der Waals surface area contributed by atoms with Crippen molar-refractivity contribution in [1.82, 2.24) is 5.32 Å². The highest BCUT2D eigenvalue weighted by molar-refractivity contribution is 7.84. The second-order valence-electron chi connectivity index (χ2n) is 4.36. The van der Waals surface area contributed by atoms with Gasteiger partial charge in [-0.25, -0.2) is 0 Å². The van der Waals surface area contributed by atoms with E-state index in [0.717, 1.165) is 18.5 Å². The van der Waals surface area contributed by atoms with Crippen molar-refractivity contribution in [1.29, 1.82) is 0 Å². The van der Waals surface area contributed by atoms with Crippen molar-refractivity contribution in [3.63, 3.8) is 0 Å². The van der Waals surface area contributed by atoms with Crippen LogP contribution in [-0.4, -0.2) is 37.0 Å². The molecule has 2 unspecified atom stereocenters. The molecule has 0 aromatic heterocycles. The Labute approximate surface area is 118 Å². The average Bonchev–Trinajstić information content (AvgIpc) is 2.42. The van der Waals surface area contributed by atoms with Gasteiger partial charge in [-0.05, 0) is 30.7 Å². The van der Waals surface area contributed by atoms with E-state index < -0.39 is 10.8 Å². The minimum atomic E-state index is -0.850. The monoisotopic (exact) mass is 285 g/mol. The molecule has 0 aliphatic heterocycles. The van der Waals surface area contributed by atoms with Crippen molar-refractivity contribution < 1.29 is 13.7 Å². The largest absolute Gasteiger partial charge is 0.493 e. The second-order valence-corrected chi connectivity index (χ2v) is 5.84. The minimum Gasteiger partial charge on any atom is -0.493 e. The Kier molecular flexibility index (Phi) is 6.87. The summed E-state index contributed by atoms with van der Waals surface area (Å²) in [5.74, 6) is 2.00. The Morgan fingerprint density at radius 1 is 1.26 bits per heavy atom. The zero-order valence-corrected chi connectivity index (χ0v) is 12.9. The molecule has 1 N–H and O–H groups in total. The Morgan fingerprint density at radius 2 is 1.95 bits per heavy atom. The molecule has 0 fully saturated rings. The lowest BCUT2D eigenvalue weighted by atomic mass is 10.1. The van der Waals surface area contributed by atoms with E-state index >= 15 is 0 Å². The lowest BCUT2D eigenvalue weighted by Crippen LogP contribution is -2.26. The summed E-state index contributed by atoms with van der Waals surface area (Å²) in [4.78, 5) is 0. The second kappa shape index (κ2) is 8.17. The van der Waals surface area contributed by atoms with Gasteiger partial charge in [0.1, 0.15) is 0 Å². The highest BCUT2D eigenvalue weighted by Crippen LogP contribution is 2.30. The zero-order chi connectivity index (χ0) is 14.3. The van der Waals surface area contributed by atoms with Crippen LogP contribution < -0.4 is 14.8 Å². The fourth-order valence-corrected chi connectivity index (χ4v) is 2.68. The first kappa shape index (κ1) is 16.0. The topological polar surface area (TPSA) is 47.6 Å². The summed E-state index contributed by atoms with van der Waals surface area (Å²) < 4.78 is 22.0. The highest BCUT2D eigenvalue weighted by atomic mass is 32.2. The van der Waals surface area contributed by atoms with E-state index in [4.69, 9.17) is 9.47 Å². The Morgan fingerprint density at radius 3 is 2.47 bits per heavy atom. The van der Waals surface area contributed by atoms with Crippen LogP contribution in [0.1, 0.15) is 24.9 Å². The molecule has 0 heterocycles. The maximum absolute atomic E-state index is 11.5. The first-order chi connectivity index (χ1) is 9.12. The van der Waals surface area contributed by atoms with E-state index in [1.807, 2.05) is 18.2 Å². The molecule has 2 atom stereocenters. The number of benzene rings is 1. The molecule has 1 aromatic rings. The summed E-state index contributed by atoms with van der Waals surface area (Å²) >= 11 is 0. The van der Waals surface area contributed by atoms with Gasteiger partial charge in [0.05, 0.1) is 14.2 Å². The number of nitrogens with one attached hydrogen (secondary N) is 1. The maximum Gasteiger partial charge on any atom is 0.161 e. The molecule has 0 saturated heterocycles. The van der Waals surface area contributed by atoms with Gasteiger partial charge in [0.15, 0.2) is 11.5 Å². The molecule has 19 heavy (non-hydrogen) atoms. The predicted molar refractivity (Wildman–Crippen MR) is 79.5 cm³/mol. The number of methoxy groups -OCH3 is 2. The Hall–Kier alpha value is -1.07. The van der Waals surface area contributed by atoms with Crippen LogP contribution in [0.5, 0.6) is 11.5 Å². The first-order valence-corrected chi connectivity index (χ1v) is 8.10. The molecular formula is C14H23NO3S. The standard InChI is InChI=1S/C14H23NO3S/c1-5-8-15-12(10-19(4)16)11-6-7-13(17-2)14(9-11)18-3/h6-7,9,12,15H,5,8,10H2,1-4H3. The van der Waals surface area contributed by atoms with Crippen molar-refractivity contribution in [3.05, 3.63) is 23.8 Å². The molecule has 1 rings (SSSR count). The van der Waals surface area contributed by atoms with Gasteiger partial charge in [-0.15, -0.1) is 0 Å². The van der Waals surface area contributed by atoms with E-state index in [1.54, 1.807) is 20.5 Å². The molecule has 1 aromatic carbocycles. The summed E-state index contributed by atoms with van der Waals surface area (Å²) in [6, 6.07) is 5.89. The van der Waals surface area contributed by atoms with Crippen molar-refractivity contribution >= 4 is 10.8 Å². The number of ether oxygens (including phenoxy) is 2.